The highest BCUT2D eigenvalue weighted by Crippen LogP contribution is 2.28. The molecule has 132 valence electrons. The summed E-state index contributed by atoms with van der Waals surface area (Å²) in [5.74, 6) is -0.147. The molecule has 1 saturated carbocycles. The molecule has 0 aliphatic heterocycles. The van der Waals surface area contributed by atoms with Crippen molar-refractivity contribution in [1.82, 2.24) is 0 Å². The summed E-state index contributed by atoms with van der Waals surface area (Å²) in [5, 5.41) is 3.47. The highest BCUT2D eigenvalue weighted by molar-refractivity contribution is 6.35. The van der Waals surface area contributed by atoms with Gasteiger partial charge in [-0.15, -0.1) is 0 Å². The molecule has 1 amide bonds. The Morgan fingerprint density at radius 3 is 2.67 bits per heavy atom. The van der Waals surface area contributed by atoms with E-state index in [1.807, 2.05) is 0 Å². The van der Waals surface area contributed by atoms with Crippen LogP contribution in [-0.2, 0) is 14.3 Å². The normalized spacial score (nSPS) is 16.5. The van der Waals surface area contributed by atoms with E-state index in [-0.39, 0.29) is 5.97 Å². The van der Waals surface area contributed by atoms with Gasteiger partial charge in [-0.2, -0.15) is 0 Å². The van der Waals surface area contributed by atoms with Crippen LogP contribution in [0, 0.1) is 5.92 Å². The topological polar surface area (TPSA) is 55.4 Å². The highest BCUT2D eigenvalue weighted by atomic mass is 35.5. The fourth-order valence-electron chi connectivity index (χ4n) is 2.94. The summed E-state index contributed by atoms with van der Waals surface area (Å²) in [6.07, 6.45) is 6.50. The molecule has 24 heavy (non-hydrogen) atoms. The Morgan fingerprint density at radius 1 is 1.25 bits per heavy atom. The molecule has 6 heteroatoms. The van der Waals surface area contributed by atoms with Crippen LogP contribution in [0.5, 0.6) is 0 Å². The lowest BCUT2D eigenvalue weighted by atomic mass is 9.86. The lowest BCUT2D eigenvalue weighted by Gasteiger charge is -2.21. The van der Waals surface area contributed by atoms with Gasteiger partial charge in [-0.1, -0.05) is 55.3 Å². The molecule has 0 aromatic heterocycles. The summed E-state index contributed by atoms with van der Waals surface area (Å²) < 4.78 is 5.22. The van der Waals surface area contributed by atoms with Crippen molar-refractivity contribution in [3.05, 3.63) is 28.2 Å². The molecular formula is C18H23Cl2NO3. The van der Waals surface area contributed by atoms with Gasteiger partial charge >= 0.3 is 5.97 Å². The third-order valence-corrected chi connectivity index (χ3v) is 4.91. The summed E-state index contributed by atoms with van der Waals surface area (Å²) in [7, 11) is 0. The number of anilines is 1. The Kier molecular flexibility index (Phi) is 7.38. The molecule has 1 aliphatic rings. The van der Waals surface area contributed by atoms with Crippen LogP contribution in [0.3, 0.4) is 0 Å². The van der Waals surface area contributed by atoms with Crippen molar-refractivity contribution in [2.75, 3.05) is 5.32 Å². The van der Waals surface area contributed by atoms with Crippen molar-refractivity contribution in [2.24, 2.45) is 5.92 Å². The van der Waals surface area contributed by atoms with Crippen LogP contribution in [0.4, 0.5) is 5.69 Å². The van der Waals surface area contributed by atoms with Gasteiger partial charge in [0.25, 0.3) is 5.91 Å². The van der Waals surface area contributed by atoms with Gasteiger partial charge in [0.1, 0.15) is 0 Å². The summed E-state index contributed by atoms with van der Waals surface area (Å²) in [6, 6.07) is 4.79. The monoisotopic (exact) mass is 371 g/mol. The van der Waals surface area contributed by atoms with Crippen LogP contribution >= 0.6 is 23.2 Å². The van der Waals surface area contributed by atoms with Gasteiger partial charge in [0.2, 0.25) is 0 Å². The zero-order chi connectivity index (χ0) is 17.5. The number of benzene rings is 1. The van der Waals surface area contributed by atoms with Gasteiger partial charge in [-0.25, -0.2) is 0 Å². The third-order valence-electron chi connectivity index (χ3n) is 4.35. The molecule has 1 aromatic rings. The van der Waals surface area contributed by atoms with Crippen molar-refractivity contribution < 1.29 is 14.3 Å². The Bertz CT molecular complexity index is 586. The van der Waals surface area contributed by atoms with Crippen LogP contribution in [0.2, 0.25) is 10.0 Å². The standard InChI is InChI=1S/C18H23Cl2NO3/c1-12(18(23)21-16-11-14(19)8-9-15(16)20)24-17(22)10-7-13-5-3-2-4-6-13/h8-9,11-13H,2-7,10H2,1H3,(H,21,23)/t12-/m0/s1. The Hall–Kier alpha value is -1.26. The van der Waals surface area contributed by atoms with Crippen LogP contribution in [0.15, 0.2) is 18.2 Å². The molecule has 0 bridgehead atoms. The van der Waals surface area contributed by atoms with E-state index in [0.717, 1.165) is 6.42 Å². The largest absolute Gasteiger partial charge is 0.453 e. The van der Waals surface area contributed by atoms with Gasteiger partial charge in [0.15, 0.2) is 6.10 Å². The van der Waals surface area contributed by atoms with Gasteiger partial charge < -0.3 is 10.1 Å². The van der Waals surface area contributed by atoms with Crippen LogP contribution < -0.4 is 5.32 Å². The maximum atomic E-state index is 12.1. The number of carbonyl (C=O) groups is 2. The van der Waals surface area contributed by atoms with E-state index in [2.05, 4.69) is 5.32 Å². The molecule has 1 N–H and O–H groups in total. The molecule has 1 aromatic carbocycles. The van der Waals surface area contributed by atoms with Gasteiger partial charge in [-0.3, -0.25) is 9.59 Å². The number of rotatable bonds is 6. The maximum absolute atomic E-state index is 12.1. The van der Waals surface area contributed by atoms with Crippen molar-refractivity contribution >= 4 is 40.8 Å². The van der Waals surface area contributed by atoms with Crippen LogP contribution in [0.25, 0.3) is 0 Å². The number of hydrogen-bond acceptors (Lipinski definition) is 3. The Balaban J connectivity index is 1.77. The van der Waals surface area contributed by atoms with E-state index in [4.69, 9.17) is 27.9 Å². The van der Waals surface area contributed by atoms with Crippen LogP contribution in [-0.4, -0.2) is 18.0 Å². The number of nitrogens with one attached hydrogen (secondary N) is 1. The zero-order valence-electron chi connectivity index (χ0n) is 13.8. The molecule has 0 saturated heterocycles. The third kappa shape index (κ3) is 5.99. The molecule has 4 nitrogen and oxygen atoms in total. The number of ether oxygens (including phenoxy) is 1. The summed E-state index contributed by atoms with van der Waals surface area (Å²) in [6.45, 7) is 1.55. The molecule has 0 radical (unpaired) electrons. The quantitative estimate of drug-likeness (QED) is 0.696. The Labute approximate surface area is 152 Å². The molecule has 1 atom stereocenters. The van der Waals surface area contributed by atoms with E-state index in [0.29, 0.717) is 28.1 Å². The molecule has 1 aliphatic carbocycles. The number of esters is 1. The van der Waals surface area contributed by atoms with Gasteiger partial charge in [-0.05, 0) is 37.5 Å². The fourth-order valence-corrected chi connectivity index (χ4v) is 3.27. The number of hydrogen-bond donors (Lipinski definition) is 1. The minimum atomic E-state index is -0.876. The Morgan fingerprint density at radius 2 is 1.96 bits per heavy atom. The van der Waals surface area contributed by atoms with Gasteiger partial charge in [0, 0.05) is 11.4 Å². The van der Waals surface area contributed by atoms with E-state index in [1.54, 1.807) is 25.1 Å². The van der Waals surface area contributed by atoms with E-state index in [9.17, 15) is 9.59 Å². The lowest BCUT2D eigenvalue weighted by molar-refractivity contribution is -0.153. The molecule has 0 spiro atoms. The average molecular weight is 372 g/mol. The molecular weight excluding hydrogens is 349 g/mol. The molecule has 1 fully saturated rings. The molecule has 0 heterocycles. The maximum Gasteiger partial charge on any atom is 0.306 e. The first kappa shape index (κ1) is 19.1. The van der Waals surface area contributed by atoms with Crippen LogP contribution in [0.1, 0.15) is 51.9 Å². The molecule has 2 rings (SSSR count). The second kappa shape index (κ2) is 9.28. The number of carbonyl (C=O) groups excluding carboxylic acids is 2. The van der Waals surface area contributed by atoms with Crippen molar-refractivity contribution in [3.8, 4) is 0 Å². The summed E-state index contributed by atoms with van der Waals surface area (Å²) >= 11 is 11.9. The zero-order valence-corrected chi connectivity index (χ0v) is 15.3. The number of amides is 1. The minimum Gasteiger partial charge on any atom is -0.453 e. The first-order valence-electron chi connectivity index (χ1n) is 8.41. The second-order valence-corrected chi connectivity index (χ2v) is 7.13. The van der Waals surface area contributed by atoms with Crippen molar-refractivity contribution in [3.63, 3.8) is 0 Å². The van der Waals surface area contributed by atoms with E-state index < -0.39 is 12.0 Å². The first-order chi connectivity index (χ1) is 11.5. The second-order valence-electron chi connectivity index (χ2n) is 6.29. The smallest absolute Gasteiger partial charge is 0.306 e. The highest BCUT2D eigenvalue weighted by Gasteiger charge is 2.20. The van der Waals surface area contributed by atoms with Crippen molar-refractivity contribution in [2.45, 2.75) is 58.0 Å². The summed E-state index contributed by atoms with van der Waals surface area (Å²) in [5.41, 5.74) is 0.402. The predicted molar refractivity (Wildman–Crippen MR) is 96.5 cm³/mol. The first-order valence-corrected chi connectivity index (χ1v) is 9.16. The SMILES string of the molecule is C[C@H](OC(=O)CCC1CCCCC1)C(=O)Nc1cc(Cl)ccc1Cl. The number of halogens is 2. The fraction of sp³-hybridized carbons (Fsp3) is 0.556. The minimum absolute atomic E-state index is 0.333. The average Bonchev–Trinajstić information content (AvgIpc) is 2.57. The summed E-state index contributed by atoms with van der Waals surface area (Å²) in [4.78, 5) is 24.1. The van der Waals surface area contributed by atoms with Gasteiger partial charge in [0.05, 0.1) is 10.7 Å². The predicted octanol–water partition coefficient (Wildman–Crippen LogP) is 5.22. The lowest BCUT2D eigenvalue weighted by Crippen LogP contribution is -2.30. The molecule has 0 unspecified atom stereocenters. The van der Waals surface area contributed by atoms with E-state index >= 15 is 0 Å². The van der Waals surface area contributed by atoms with E-state index in [1.165, 1.54) is 32.1 Å². The van der Waals surface area contributed by atoms with Crippen molar-refractivity contribution in [1.29, 1.82) is 0 Å².